The number of piperidine rings is 1. The summed E-state index contributed by atoms with van der Waals surface area (Å²) in [5, 5.41) is 3.79. The number of nitrogens with two attached hydrogens (primary N) is 1. The number of likely N-dealkylation sites (tertiary alicyclic amines) is 1. The number of thiophene rings is 1. The van der Waals surface area contributed by atoms with Crippen LogP contribution in [0.2, 0.25) is 0 Å². The Morgan fingerprint density at radius 3 is 2.82 bits per heavy atom. The SMILES string of the molecule is NC(=O)CN1CCC(NC(=O)CCc2nc3sc4c(c3c(=O)[nH]2)CCC4)CC1. The molecule has 150 valence electrons. The molecule has 0 bridgehead atoms. The molecular weight excluding hydrogens is 378 g/mol. The zero-order chi connectivity index (χ0) is 19.7. The fourth-order valence-corrected chi connectivity index (χ4v) is 5.43. The number of amides is 2. The number of primary amides is 1. The first-order valence-corrected chi connectivity index (χ1v) is 10.6. The van der Waals surface area contributed by atoms with Crippen LogP contribution in [0.3, 0.4) is 0 Å². The summed E-state index contributed by atoms with van der Waals surface area (Å²) in [6.07, 6.45) is 5.43. The van der Waals surface area contributed by atoms with Crippen LogP contribution in [0.5, 0.6) is 0 Å². The Morgan fingerprint density at radius 2 is 2.07 bits per heavy atom. The molecule has 3 heterocycles. The summed E-state index contributed by atoms with van der Waals surface area (Å²) in [5.41, 5.74) is 6.30. The van der Waals surface area contributed by atoms with E-state index in [1.807, 2.05) is 4.90 Å². The van der Waals surface area contributed by atoms with Crippen LogP contribution in [0, 0.1) is 0 Å². The Hall–Kier alpha value is -2.26. The molecule has 0 spiro atoms. The molecule has 0 unspecified atom stereocenters. The first-order chi connectivity index (χ1) is 13.5. The van der Waals surface area contributed by atoms with Crippen molar-refractivity contribution in [1.29, 1.82) is 0 Å². The topological polar surface area (TPSA) is 121 Å². The van der Waals surface area contributed by atoms with Gasteiger partial charge in [-0.2, -0.15) is 0 Å². The maximum atomic E-state index is 12.5. The summed E-state index contributed by atoms with van der Waals surface area (Å²) in [4.78, 5) is 47.3. The van der Waals surface area contributed by atoms with Gasteiger partial charge in [0.1, 0.15) is 10.7 Å². The van der Waals surface area contributed by atoms with Crippen molar-refractivity contribution < 1.29 is 9.59 Å². The lowest BCUT2D eigenvalue weighted by molar-refractivity contribution is -0.123. The van der Waals surface area contributed by atoms with E-state index in [9.17, 15) is 14.4 Å². The number of aryl methyl sites for hydroxylation is 3. The third-order valence-electron chi connectivity index (χ3n) is 5.55. The molecule has 2 aromatic rings. The Kier molecular flexibility index (Phi) is 5.45. The van der Waals surface area contributed by atoms with E-state index < -0.39 is 0 Å². The number of fused-ring (bicyclic) bond motifs is 3. The van der Waals surface area contributed by atoms with Gasteiger partial charge in [-0.15, -0.1) is 11.3 Å². The van der Waals surface area contributed by atoms with E-state index in [-0.39, 0.29) is 30.0 Å². The van der Waals surface area contributed by atoms with Crippen LogP contribution in [0.15, 0.2) is 4.79 Å². The van der Waals surface area contributed by atoms with E-state index in [1.165, 1.54) is 10.4 Å². The van der Waals surface area contributed by atoms with Crippen molar-refractivity contribution in [3.63, 3.8) is 0 Å². The van der Waals surface area contributed by atoms with Crippen LogP contribution >= 0.6 is 11.3 Å². The second-order valence-corrected chi connectivity index (χ2v) is 8.72. The Bertz CT molecular complexity index is 958. The Morgan fingerprint density at radius 1 is 1.29 bits per heavy atom. The van der Waals surface area contributed by atoms with Crippen LogP contribution < -0.4 is 16.6 Å². The van der Waals surface area contributed by atoms with Gasteiger partial charge in [0.15, 0.2) is 0 Å². The average Bonchev–Trinajstić information content (AvgIpc) is 3.22. The number of carbonyl (C=O) groups excluding carboxylic acids is 2. The van der Waals surface area contributed by atoms with Crippen molar-refractivity contribution in [1.82, 2.24) is 20.2 Å². The van der Waals surface area contributed by atoms with Crippen molar-refractivity contribution in [3.8, 4) is 0 Å². The number of nitrogens with one attached hydrogen (secondary N) is 2. The number of hydrogen-bond acceptors (Lipinski definition) is 6. The van der Waals surface area contributed by atoms with Crippen LogP contribution in [0.25, 0.3) is 10.2 Å². The molecule has 1 fully saturated rings. The van der Waals surface area contributed by atoms with E-state index in [0.717, 1.165) is 55.4 Å². The fraction of sp³-hybridized carbons (Fsp3) is 0.579. The number of aromatic amines is 1. The van der Waals surface area contributed by atoms with Gasteiger partial charge in [-0.1, -0.05) is 0 Å². The minimum Gasteiger partial charge on any atom is -0.369 e. The van der Waals surface area contributed by atoms with Gasteiger partial charge in [0, 0.05) is 36.9 Å². The second kappa shape index (κ2) is 8.00. The highest BCUT2D eigenvalue weighted by molar-refractivity contribution is 7.18. The number of H-pyrrole nitrogens is 1. The number of hydrogen-bond donors (Lipinski definition) is 3. The van der Waals surface area contributed by atoms with E-state index >= 15 is 0 Å². The maximum Gasteiger partial charge on any atom is 0.259 e. The maximum absolute atomic E-state index is 12.5. The monoisotopic (exact) mass is 403 g/mol. The third kappa shape index (κ3) is 4.10. The molecule has 1 saturated heterocycles. The lowest BCUT2D eigenvalue weighted by atomic mass is 10.0. The average molecular weight is 404 g/mol. The number of aromatic nitrogens is 2. The Labute approximate surface area is 166 Å². The molecule has 0 saturated carbocycles. The zero-order valence-corrected chi connectivity index (χ0v) is 16.6. The zero-order valence-electron chi connectivity index (χ0n) is 15.8. The standard InChI is InChI=1S/C19H25N5O3S/c20-14(25)10-24-8-6-11(7-9-24)21-16(26)5-4-15-22-18(27)17-12-2-1-3-13(12)28-19(17)23-15/h11H,1-10H2,(H2,20,25)(H,21,26)(H,22,23,27). The van der Waals surface area contributed by atoms with Crippen LogP contribution in [-0.4, -0.2) is 52.4 Å². The molecule has 4 rings (SSSR count). The van der Waals surface area contributed by atoms with Crippen molar-refractivity contribution in [2.75, 3.05) is 19.6 Å². The molecule has 9 heteroatoms. The van der Waals surface area contributed by atoms with Crippen molar-refractivity contribution in [2.24, 2.45) is 5.73 Å². The van der Waals surface area contributed by atoms with E-state index in [4.69, 9.17) is 5.73 Å². The summed E-state index contributed by atoms with van der Waals surface area (Å²) in [6.45, 7) is 1.78. The summed E-state index contributed by atoms with van der Waals surface area (Å²) in [5.74, 6) is 0.213. The molecular formula is C19H25N5O3S. The van der Waals surface area contributed by atoms with Crippen LogP contribution in [-0.2, 0) is 28.9 Å². The van der Waals surface area contributed by atoms with Gasteiger partial charge in [-0.25, -0.2) is 4.98 Å². The lowest BCUT2D eigenvalue weighted by Crippen LogP contribution is -2.46. The van der Waals surface area contributed by atoms with Crippen molar-refractivity contribution >= 4 is 33.4 Å². The minimum atomic E-state index is -0.322. The predicted octanol–water partition coefficient (Wildman–Crippen LogP) is 0.472. The summed E-state index contributed by atoms with van der Waals surface area (Å²) in [7, 11) is 0. The molecule has 1 aliphatic carbocycles. The van der Waals surface area contributed by atoms with Crippen LogP contribution in [0.4, 0.5) is 0 Å². The molecule has 28 heavy (non-hydrogen) atoms. The molecule has 2 aliphatic rings. The van der Waals surface area contributed by atoms with Gasteiger partial charge in [-0.05, 0) is 37.7 Å². The van der Waals surface area contributed by atoms with Gasteiger partial charge in [0.05, 0.1) is 11.9 Å². The van der Waals surface area contributed by atoms with Gasteiger partial charge in [0.25, 0.3) is 5.56 Å². The summed E-state index contributed by atoms with van der Waals surface area (Å²) < 4.78 is 0. The smallest absolute Gasteiger partial charge is 0.259 e. The highest BCUT2D eigenvalue weighted by Crippen LogP contribution is 2.34. The van der Waals surface area contributed by atoms with Crippen molar-refractivity contribution in [3.05, 3.63) is 26.6 Å². The molecule has 4 N–H and O–H groups in total. The molecule has 8 nitrogen and oxygen atoms in total. The minimum absolute atomic E-state index is 0.0372. The van der Waals surface area contributed by atoms with Crippen LogP contribution in [0.1, 0.15) is 41.9 Å². The van der Waals surface area contributed by atoms with Crippen molar-refractivity contribution in [2.45, 2.75) is 51.0 Å². The number of nitrogens with zero attached hydrogens (tertiary/aromatic N) is 2. The fourth-order valence-electron chi connectivity index (χ4n) is 4.15. The Balaban J connectivity index is 1.31. The third-order valence-corrected chi connectivity index (χ3v) is 6.73. The molecule has 1 aliphatic heterocycles. The van der Waals surface area contributed by atoms with Gasteiger partial charge >= 0.3 is 0 Å². The normalized spacial score (nSPS) is 17.7. The largest absolute Gasteiger partial charge is 0.369 e. The highest BCUT2D eigenvalue weighted by atomic mass is 32.1. The quantitative estimate of drug-likeness (QED) is 0.647. The molecule has 2 aromatic heterocycles. The molecule has 2 amide bonds. The number of carbonyl (C=O) groups is 2. The van der Waals surface area contributed by atoms with Gasteiger partial charge in [0.2, 0.25) is 11.8 Å². The van der Waals surface area contributed by atoms with Gasteiger partial charge < -0.3 is 16.0 Å². The van der Waals surface area contributed by atoms with E-state index in [2.05, 4.69) is 15.3 Å². The molecule has 0 aromatic carbocycles. The molecule has 0 atom stereocenters. The predicted molar refractivity (Wildman–Crippen MR) is 107 cm³/mol. The first kappa shape index (κ1) is 19.1. The van der Waals surface area contributed by atoms with Gasteiger partial charge in [-0.3, -0.25) is 19.3 Å². The van der Waals surface area contributed by atoms with E-state index in [1.54, 1.807) is 11.3 Å². The number of rotatable bonds is 6. The lowest BCUT2D eigenvalue weighted by Gasteiger charge is -2.31. The highest BCUT2D eigenvalue weighted by Gasteiger charge is 2.23. The second-order valence-electron chi connectivity index (χ2n) is 7.63. The first-order valence-electron chi connectivity index (χ1n) is 9.83. The van der Waals surface area contributed by atoms with E-state index in [0.29, 0.717) is 18.7 Å². The summed E-state index contributed by atoms with van der Waals surface area (Å²) in [6, 6.07) is 0.117. The summed E-state index contributed by atoms with van der Waals surface area (Å²) >= 11 is 1.61. The molecule has 0 radical (unpaired) electrons.